The van der Waals surface area contributed by atoms with Gasteiger partial charge in [0.15, 0.2) is 0 Å². The molecule has 0 bridgehead atoms. The number of dihydropyridines is 1. The molecule has 1 aromatic carbocycles. The van der Waals surface area contributed by atoms with Crippen LogP contribution in [0.2, 0.25) is 0 Å². The summed E-state index contributed by atoms with van der Waals surface area (Å²) in [5, 5.41) is 2.98. The van der Waals surface area contributed by atoms with Gasteiger partial charge in [0, 0.05) is 24.3 Å². The number of allylic oxidation sites excluding steroid dienone is 3. The van der Waals surface area contributed by atoms with Gasteiger partial charge in [-0.1, -0.05) is 0 Å². The van der Waals surface area contributed by atoms with Gasteiger partial charge >= 0.3 is 0 Å². The predicted molar refractivity (Wildman–Crippen MR) is 74.7 cm³/mol. The van der Waals surface area contributed by atoms with Crippen molar-refractivity contribution in [3.63, 3.8) is 0 Å². The molecule has 1 aromatic rings. The Morgan fingerprint density at radius 3 is 2.44 bits per heavy atom. The Balaban J connectivity index is 2.14. The number of benzene rings is 1. The molecule has 0 saturated heterocycles. The first kappa shape index (κ1) is 12.2. The molecular weight excluding hydrogens is 224 g/mol. The quantitative estimate of drug-likeness (QED) is 0.824. The van der Waals surface area contributed by atoms with E-state index < -0.39 is 0 Å². The highest BCUT2D eigenvalue weighted by atomic mass is 16.5. The number of hydrogen-bond acceptors (Lipinski definition) is 3. The van der Waals surface area contributed by atoms with E-state index in [4.69, 9.17) is 4.74 Å². The molecule has 1 N–H and O–H groups in total. The molecule has 0 amide bonds. The molecule has 0 spiro atoms. The standard InChI is InChI=1S/C15H16N2O/c1-12(14-3-5-15(18-2)6-4-14)17-11-13-7-9-16-10-8-13/h3-11,16H,1-2H3. The molecule has 92 valence electrons. The fourth-order valence-corrected chi connectivity index (χ4v) is 1.56. The van der Waals surface area contributed by atoms with Crippen LogP contribution >= 0.6 is 0 Å². The number of nitrogens with one attached hydrogen (secondary N) is 1. The molecule has 2 rings (SSSR count). The lowest BCUT2D eigenvalue weighted by Crippen LogP contribution is -1.97. The minimum atomic E-state index is 0.856. The fraction of sp³-hybridized carbons (Fsp3) is 0.133. The average molecular weight is 240 g/mol. The highest BCUT2D eigenvalue weighted by Gasteiger charge is 1.97. The molecule has 0 radical (unpaired) electrons. The lowest BCUT2D eigenvalue weighted by Gasteiger charge is -2.03. The summed E-state index contributed by atoms with van der Waals surface area (Å²) in [6.07, 6.45) is 9.57. The third-order valence-electron chi connectivity index (χ3n) is 2.66. The molecule has 0 aliphatic carbocycles. The summed E-state index contributed by atoms with van der Waals surface area (Å²) in [7, 11) is 1.66. The number of hydrogen-bond donors (Lipinski definition) is 1. The molecule has 0 atom stereocenters. The monoisotopic (exact) mass is 240 g/mol. The van der Waals surface area contributed by atoms with Crippen LogP contribution in [0.25, 0.3) is 0 Å². The van der Waals surface area contributed by atoms with Gasteiger partial charge in [-0.2, -0.15) is 0 Å². The Hall–Kier alpha value is -2.29. The largest absolute Gasteiger partial charge is 0.497 e. The van der Waals surface area contributed by atoms with Gasteiger partial charge < -0.3 is 10.1 Å². The van der Waals surface area contributed by atoms with Crippen molar-refractivity contribution in [3.8, 4) is 5.75 Å². The highest BCUT2D eigenvalue weighted by Crippen LogP contribution is 2.12. The summed E-state index contributed by atoms with van der Waals surface area (Å²) in [5.74, 6) is 0.856. The van der Waals surface area contributed by atoms with E-state index in [1.54, 1.807) is 7.11 Å². The highest BCUT2D eigenvalue weighted by molar-refractivity contribution is 5.99. The molecule has 0 unspecified atom stereocenters. The van der Waals surface area contributed by atoms with Crippen LogP contribution in [0.1, 0.15) is 12.5 Å². The molecule has 18 heavy (non-hydrogen) atoms. The minimum absolute atomic E-state index is 0.856. The third kappa shape index (κ3) is 3.10. The number of nitrogens with zero attached hydrogens (tertiary/aromatic N) is 1. The lowest BCUT2D eigenvalue weighted by molar-refractivity contribution is 0.415. The normalized spacial score (nSPS) is 14.3. The number of aliphatic imine (C=N–C) groups is 1. The topological polar surface area (TPSA) is 33.6 Å². The van der Waals surface area contributed by atoms with Crippen LogP contribution in [0.5, 0.6) is 5.75 Å². The Labute approximate surface area is 107 Å². The molecule has 0 fully saturated rings. The number of methoxy groups -OCH3 is 1. The van der Waals surface area contributed by atoms with E-state index in [1.807, 2.05) is 61.9 Å². The van der Waals surface area contributed by atoms with Gasteiger partial charge in [0.2, 0.25) is 0 Å². The molecule has 0 saturated carbocycles. The SMILES string of the molecule is COc1ccc(C(C)=NC=C2C=CNC=C2)cc1. The van der Waals surface area contributed by atoms with Crippen LogP contribution in [0.3, 0.4) is 0 Å². The van der Waals surface area contributed by atoms with Crippen molar-refractivity contribution in [1.82, 2.24) is 5.32 Å². The van der Waals surface area contributed by atoms with Gasteiger partial charge in [0.1, 0.15) is 5.75 Å². The summed E-state index contributed by atoms with van der Waals surface area (Å²) in [6, 6.07) is 7.88. The first-order valence-electron chi connectivity index (χ1n) is 5.78. The average Bonchev–Trinajstić information content (AvgIpc) is 2.46. The van der Waals surface area contributed by atoms with Gasteiger partial charge in [-0.3, -0.25) is 4.99 Å². The molecule has 0 aromatic heterocycles. The van der Waals surface area contributed by atoms with E-state index in [0.717, 1.165) is 22.6 Å². The Kier molecular flexibility index (Phi) is 3.97. The molecular formula is C15H16N2O. The Morgan fingerprint density at radius 1 is 1.17 bits per heavy atom. The van der Waals surface area contributed by atoms with Crippen molar-refractivity contribution < 1.29 is 4.74 Å². The summed E-state index contributed by atoms with van der Waals surface area (Å²) in [5.41, 5.74) is 3.14. The van der Waals surface area contributed by atoms with Crippen LogP contribution < -0.4 is 10.1 Å². The molecule has 1 aliphatic rings. The van der Waals surface area contributed by atoms with Crippen molar-refractivity contribution in [2.75, 3.05) is 7.11 Å². The lowest BCUT2D eigenvalue weighted by atomic mass is 10.1. The van der Waals surface area contributed by atoms with Gasteiger partial charge in [0.05, 0.1) is 7.11 Å². The van der Waals surface area contributed by atoms with Crippen molar-refractivity contribution in [2.45, 2.75) is 6.92 Å². The van der Waals surface area contributed by atoms with Gasteiger partial charge in [-0.05, 0) is 54.5 Å². The van der Waals surface area contributed by atoms with E-state index in [-0.39, 0.29) is 0 Å². The van der Waals surface area contributed by atoms with E-state index in [0.29, 0.717) is 0 Å². The van der Waals surface area contributed by atoms with Crippen molar-refractivity contribution >= 4 is 5.71 Å². The molecule has 1 heterocycles. The maximum Gasteiger partial charge on any atom is 0.118 e. The van der Waals surface area contributed by atoms with Gasteiger partial charge in [-0.15, -0.1) is 0 Å². The van der Waals surface area contributed by atoms with Crippen LogP contribution in [0.15, 0.2) is 65.6 Å². The van der Waals surface area contributed by atoms with Gasteiger partial charge in [0.25, 0.3) is 0 Å². The van der Waals surface area contributed by atoms with E-state index in [2.05, 4.69) is 10.3 Å². The van der Waals surface area contributed by atoms with E-state index >= 15 is 0 Å². The second-order valence-electron chi connectivity index (χ2n) is 3.91. The maximum absolute atomic E-state index is 5.13. The van der Waals surface area contributed by atoms with E-state index in [1.165, 1.54) is 0 Å². The van der Waals surface area contributed by atoms with Crippen molar-refractivity contribution in [3.05, 3.63) is 66.2 Å². The van der Waals surface area contributed by atoms with Crippen LogP contribution in [-0.4, -0.2) is 12.8 Å². The summed E-state index contributed by atoms with van der Waals surface area (Å²) < 4.78 is 5.13. The second-order valence-corrected chi connectivity index (χ2v) is 3.91. The van der Waals surface area contributed by atoms with Crippen LogP contribution in [0.4, 0.5) is 0 Å². The Bertz CT molecular complexity index is 508. The maximum atomic E-state index is 5.13. The molecule has 3 heteroatoms. The van der Waals surface area contributed by atoms with Crippen molar-refractivity contribution in [2.24, 2.45) is 4.99 Å². The number of rotatable bonds is 3. The van der Waals surface area contributed by atoms with Crippen LogP contribution in [0, 0.1) is 0 Å². The summed E-state index contributed by atoms with van der Waals surface area (Å²) in [6.45, 7) is 1.99. The Morgan fingerprint density at radius 2 is 1.83 bits per heavy atom. The zero-order valence-corrected chi connectivity index (χ0v) is 10.6. The summed E-state index contributed by atoms with van der Waals surface area (Å²) in [4.78, 5) is 4.46. The molecule has 3 nitrogen and oxygen atoms in total. The fourth-order valence-electron chi connectivity index (χ4n) is 1.56. The molecule has 1 aliphatic heterocycles. The minimum Gasteiger partial charge on any atom is -0.497 e. The van der Waals surface area contributed by atoms with Gasteiger partial charge in [-0.25, -0.2) is 0 Å². The summed E-state index contributed by atoms with van der Waals surface area (Å²) >= 11 is 0. The second kappa shape index (κ2) is 5.87. The van der Waals surface area contributed by atoms with Crippen molar-refractivity contribution in [1.29, 1.82) is 0 Å². The zero-order chi connectivity index (χ0) is 12.8. The zero-order valence-electron chi connectivity index (χ0n) is 10.6. The third-order valence-corrected chi connectivity index (χ3v) is 2.66. The first-order chi connectivity index (χ1) is 8.79. The first-order valence-corrected chi connectivity index (χ1v) is 5.78. The number of ether oxygens (including phenoxy) is 1. The smallest absolute Gasteiger partial charge is 0.118 e. The van der Waals surface area contributed by atoms with E-state index in [9.17, 15) is 0 Å². The predicted octanol–water partition coefficient (Wildman–Crippen LogP) is 3.02. The van der Waals surface area contributed by atoms with Crippen LogP contribution in [-0.2, 0) is 0 Å².